The fourth-order valence-electron chi connectivity index (χ4n) is 3.45. The van der Waals surface area contributed by atoms with E-state index in [1.54, 1.807) is 18.4 Å². The molecule has 6 heteroatoms. The van der Waals surface area contributed by atoms with E-state index in [0.29, 0.717) is 25.0 Å². The van der Waals surface area contributed by atoms with Crippen molar-refractivity contribution >= 4 is 16.9 Å². The third-order valence-electron chi connectivity index (χ3n) is 4.83. The Morgan fingerprint density at radius 2 is 2.19 bits per heavy atom. The molecule has 4 rings (SSSR count). The summed E-state index contributed by atoms with van der Waals surface area (Å²) in [6.07, 6.45) is 8.52. The number of benzene rings is 1. The molecule has 0 aliphatic heterocycles. The minimum Gasteiger partial charge on any atom is -0.464 e. The van der Waals surface area contributed by atoms with Crippen LogP contribution in [0, 0.1) is 0 Å². The number of carbonyl (C=O) groups is 1. The highest BCUT2D eigenvalue weighted by molar-refractivity contribution is 5.90. The van der Waals surface area contributed by atoms with Crippen molar-refractivity contribution in [3.63, 3.8) is 0 Å². The molecule has 2 heterocycles. The van der Waals surface area contributed by atoms with Gasteiger partial charge in [0.05, 0.1) is 6.26 Å². The predicted octanol–water partition coefficient (Wildman–Crippen LogP) is 4.29. The zero-order chi connectivity index (χ0) is 18.9. The normalized spacial score (nSPS) is 19.4. The number of allylic oxidation sites excluding steroid dienone is 4. The number of nitrogens with two attached hydrogens (primary N) is 1. The Labute approximate surface area is 155 Å². The van der Waals surface area contributed by atoms with Crippen molar-refractivity contribution in [1.29, 1.82) is 0 Å². The van der Waals surface area contributed by atoms with Crippen molar-refractivity contribution in [2.24, 2.45) is 5.73 Å². The van der Waals surface area contributed by atoms with E-state index in [0.717, 1.165) is 22.1 Å². The smallest absolute Gasteiger partial charge is 0.270 e. The first-order valence-corrected chi connectivity index (χ1v) is 8.79. The summed E-state index contributed by atoms with van der Waals surface area (Å²) in [6, 6.07) is 9.26. The fourth-order valence-corrected chi connectivity index (χ4v) is 3.45. The van der Waals surface area contributed by atoms with Crippen molar-refractivity contribution in [2.45, 2.75) is 31.4 Å². The molecule has 27 heavy (non-hydrogen) atoms. The van der Waals surface area contributed by atoms with Crippen molar-refractivity contribution in [1.82, 2.24) is 5.16 Å². The molecule has 0 saturated heterocycles. The molecule has 1 unspecified atom stereocenters. The topological polar surface area (TPSA) is 82.3 Å². The highest BCUT2D eigenvalue weighted by Crippen LogP contribution is 2.34. The summed E-state index contributed by atoms with van der Waals surface area (Å²) in [5, 5.41) is 4.64. The predicted molar refractivity (Wildman–Crippen MR) is 98.9 cm³/mol. The van der Waals surface area contributed by atoms with Gasteiger partial charge >= 0.3 is 0 Å². The molecular weight excluding hydrogens is 347 g/mol. The van der Waals surface area contributed by atoms with Gasteiger partial charge < -0.3 is 14.7 Å². The Hall–Kier alpha value is -3.15. The van der Waals surface area contributed by atoms with E-state index in [4.69, 9.17) is 14.7 Å². The lowest BCUT2D eigenvalue weighted by atomic mass is 9.85. The van der Waals surface area contributed by atoms with Gasteiger partial charge in [-0.1, -0.05) is 41.1 Å². The van der Waals surface area contributed by atoms with Crippen molar-refractivity contribution in [3.05, 3.63) is 77.4 Å². The standard InChI is InChI=1S/C21H19FN2O3/c22-21(9-7-15-13-26-19-6-2-1-5-17(15)19)8-3-4-14(12-21)10-16-11-18(20(23)25)24-27-16/h1-6,8,11,13H,7,9-10,12H2,(H2,23,25). The first kappa shape index (κ1) is 17.3. The number of aromatic nitrogens is 1. The van der Waals surface area contributed by atoms with Gasteiger partial charge in [-0.3, -0.25) is 4.79 Å². The van der Waals surface area contributed by atoms with E-state index >= 15 is 4.39 Å². The van der Waals surface area contributed by atoms with Crippen LogP contribution in [0.2, 0.25) is 0 Å². The number of hydrogen-bond acceptors (Lipinski definition) is 4. The number of furan rings is 1. The molecule has 0 fully saturated rings. The highest BCUT2D eigenvalue weighted by Gasteiger charge is 2.30. The monoisotopic (exact) mass is 366 g/mol. The number of nitrogens with zero attached hydrogens (tertiary/aromatic N) is 1. The molecule has 138 valence electrons. The number of fused-ring (bicyclic) bond motifs is 1. The number of alkyl halides is 1. The van der Waals surface area contributed by atoms with Crippen molar-refractivity contribution < 1.29 is 18.1 Å². The Morgan fingerprint density at radius 1 is 1.33 bits per heavy atom. The summed E-state index contributed by atoms with van der Waals surface area (Å²) in [4.78, 5) is 11.1. The van der Waals surface area contributed by atoms with Gasteiger partial charge in [0.15, 0.2) is 5.69 Å². The van der Waals surface area contributed by atoms with Gasteiger partial charge in [-0.25, -0.2) is 4.39 Å². The Kier molecular flexibility index (Phi) is 4.39. The average molecular weight is 366 g/mol. The third-order valence-corrected chi connectivity index (χ3v) is 4.83. The molecular formula is C21H19FN2O3. The van der Waals surface area contributed by atoms with E-state index in [2.05, 4.69) is 5.16 Å². The van der Waals surface area contributed by atoms with Crippen LogP contribution in [0.25, 0.3) is 11.0 Å². The van der Waals surface area contributed by atoms with E-state index in [1.165, 1.54) is 6.07 Å². The highest BCUT2D eigenvalue weighted by atomic mass is 19.1. The molecule has 0 saturated carbocycles. The van der Waals surface area contributed by atoms with Crippen LogP contribution in [0.15, 0.2) is 69.3 Å². The van der Waals surface area contributed by atoms with Gasteiger partial charge in [0.2, 0.25) is 0 Å². The van der Waals surface area contributed by atoms with Crippen LogP contribution in [0.4, 0.5) is 4.39 Å². The number of aryl methyl sites for hydroxylation is 1. The van der Waals surface area contributed by atoms with E-state index in [-0.39, 0.29) is 12.1 Å². The molecule has 0 bridgehead atoms. The lowest BCUT2D eigenvalue weighted by Crippen LogP contribution is -2.24. The molecule has 3 aromatic rings. The Bertz CT molecular complexity index is 1050. The maximum absolute atomic E-state index is 15.4. The van der Waals surface area contributed by atoms with Gasteiger partial charge in [-0.15, -0.1) is 0 Å². The molecule has 0 radical (unpaired) electrons. The molecule has 1 atom stereocenters. The summed E-state index contributed by atoms with van der Waals surface area (Å²) in [5.41, 5.74) is 6.52. The van der Waals surface area contributed by atoms with Gasteiger partial charge in [0.1, 0.15) is 17.0 Å². The average Bonchev–Trinajstić information content (AvgIpc) is 3.27. The molecule has 2 aromatic heterocycles. The molecule has 1 amide bonds. The second-order valence-corrected chi connectivity index (χ2v) is 6.87. The van der Waals surface area contributed by atoms with Gasteiger partial charge in [-0.05, 0) is 30.5 Å². The number of hydrogen-bond donors (Lipinski definition) is 1. The first-order valence-electron chi connectivity index (χ1n) is 8.79. The molecule has 0 spiro atoms. The maximum Gasteiger partial charge on any atom is 0.270 e. The number of halogens is 1. The van der Waals surface area contributed by atoms with Crippen LogP contribution in [-0.2, 0) is 12.8 Å². The van der Waals surface area contributed by atoms with Crippen LogP contribution in [0.1, 0.15) is 34.7 Å². The van der Waals surface area contributed by atoms with Crippen LogP contribution >= 0.6 is 0 Å². The van der Waals surface area contributed by atoms with E-state index < -0.39 is 11.6 Å². The van der Waals surface area contributed by atoms with Gasteiger partial charge in [-0.2, -0.15) is 0 Å². The quantitative estimate of drug-likeness (QED) is 0.705. The minimum atomic E-state index is -1.44. The summed E-state index contributed by atoms with van der Waals surface area (Å²) in [7, 11) is 0. The maximum atomic E-state index is 15.4. The van der Waals surface area contributed by atoms with Gasteiger partial charge in [0.25, 0.3) is 5.91 Å². The van der Waals surface area contributed by atoms with Crippen LogP contribution in [0.5, 0.6) is 0 Å². The Balaban J connectivity index is 1.42. The lowest BCUT2D eigenvalue weighted by molar-refractivity contribution is 0.0991. The van der Waals surface area contributed by atoms with Gasteiger partial charge in [0, 0.05) is 24.3 Å². The van der Waals surface area contributed by atoms with E-state index in [1.807, 2.05) is 30.3 Å². The number of primary amides is 1. The van der Waals surface area contributed by atoms with Crippen LogP contribution in [-0.4, -0.2) is 16.7 Å². The largest absolute Gasteiger partial charge is 0.464 e. The lowest BCUT2D eigenvalue weighted by Gasteiger charge is -2.25. The SMILES string of the molecule is NC(=O)c1cc(CC2=CC=CC(F)(CCc3coc4ccccc34)C2)on1. The van der Waals surface area contributed by atoms with E-state index in [9.17, 15) is 4.79 Å². The number of para-hydroxylation sites is 1. The number of carbonyl (C=O) groups excluding carboxylic acids is 1. The van der Waals surface area contributed by atoms with Crippen LogP contribution in [0.3, 0.4) is 0 Å². The molecule has 1 aliphatic carbocycles. The zero-order valence-electron chi connectivity index (χ0n) is 14.7. The minimum absolute atomic E-state index is 0.0790. The number of amides is 1. The third kappa shape index (κ3) is 3.69. The molecule has 2 N–H and O–H groups in total. The van der Waals surface area contributed by atoms with Crippen molar-refractivity contribution in [3.8, 4) is 0 Å². The number of rotatable bonds is 6. The Morgan fingerprint density at radius 3 is 3.00 bits per heavy atom. The molecule has 5 nitrogen and oxygen atoms in total. The first-order chi connectivity index (χ1) is 13.0. The zero-order valence-corrected chi connectivity index (χ0v) is 14.7. The molecule has 1 aromatic carbocycles. The van der Waals surface area contributed by atoms with Crippen molar-refractivity contribution in [2.75, 3.05) is 0 Å². The summed E-state index contributed by atoms with van der Waals surface area (Å²) in [6.45, 7) is 0. The summed E-state index contributed by atoms with van der Waals surface area (Å²) < 4.78 is 26.0. The summed E-state index contributed by atoms with van der Waals surface area (Å²) >= 11 is 0. The second kappa shape index (κ2) is 6.87. The summed E-state index contributed by atoms with van der Waals surface area (Å²) in [5.74, 6) is -0.150. The second-order valence-electron chi connectivity index (χ2n) is 6.87. The molecule has 1 aliphatic rings. The van der Waals surface area contributed by atoms with Crippen LogP contribution < -0.4 is 5.73 Å². The fraction of sp³-hybridized carbons (Fsp3) is 0.238.